The monoisotopic (exact) mass is 287 g/mol. The van der Waals surface area contributed by atoms with Crippen LogP contribution in [0.25, 0.3) is 0 Å². The lowest BCUT2D eigenvalue weighted by atomic mass is 10.0. The summed E-state index contributed by atoms with van der Waals surface area (Å²) in [7, 11) is 1.47. The predicted molar refractivity (Wildman–Crippen MR) is 84.1 cm³/mol. The van der Waals surface area contributed by atoms with Crippen LogP contribution in [0, 0.1) is 12.7 Å². The van der Waals surface area contributed by atoms with Crippen LogP contribution in [-0.2, 0) is 0 Å². The van der Waals surface area contributed by atoms with Crippen LogP contribution < -0.4 is 10.1 Å². The fourth-order valence-electron chi connectivity index (χ4n) is 2.59. The molecule has 1 unspecified atom stereocenters. The molecule has 0 fully saturated rings. The van der Waals surface area contributed by atoms with Gasteiger partial charge < -0.3 is 10.1 Å². The third-order valence-corrected chi connectivity index (χ3v) is 3.83. The van der Waals surface area contributed by atoms with Crippen molar-refractivity contribution in [1.29, 1.82) is 0 Å². The second-order valence-corrected chi connectivity index (χ2v) is 5.36. The van der Waals surface area contributed by atoms with Crippen molar-refractivity contribution >= 4 is 0 Å². The summed E-state index contributed by atoms with van der Waals surface area (Å²) in [6.07, 6.45) is 0. The van der Waals surface area contributed by atoms with Crippen LogP contribution in [-0.4, -0.2) is 7.11 Å². The molecule has 0 saturated carbocycles. The number of ether oxygens (including phenoxy) is 1. The van der Waals surface area contributed by atoms with E-state index in [2.05, 4.69) is 31.3 Å². The molecule has 1 N–H and O–H groups in total. The molecule has 3 heteroatoms. The van der Waals surface area contributed by atoms with E-state index in [1.54, 1.807) is 6.07 Å². The fourth-order valence-corrected chi connectivity index (χ4v) is 2.59. The van der Waals surface area contributed by atoms with Gasteiger partial charge in [0.15, 0.2) is 11.6 Å². The van der Waals surface area contributed by atoms with Gasteiger partial charge in [-0.1, -0.05) is 30.3 Å². The third kappa shape index (κ3) is 3.61. The molecule has 0 radical (unpaired) electrons. The van der Waals surface area contributed by atoms with Crippen molar-refractivity contribution < 1.29 is 9.13 Å². The van der Waals surface area contributed by atoms with Gasteiger partial charge in [-0.05, 0) is 49.6 Å². The Kier molecular flexibility index (Phi) is 4.97. The Morgan fingerprint density at radius 1 is 1.05 bits per heavy atom. The first kappa shape index (κ1) is 15.5. The van der Waals surface area contributed by atoms with Crippen molar-refractivity contribution in [2.45, 2.75) is 32.9 Å². The van der Waals surface area contributed by atoms with E-state index in [0.717, 1.165) is 5.56 Å². The molecule has 0 aliphatic rings. The molecule has 0 aliphatic heterocycles. The number of halogens is 1. The Hall–Kier alpha value is -1.87. The summed E-state index contributed by atoms with van der Waals surface area (Å²) >= 11 is 0. The van der Waals surface area contributed by atoms with Crippen LogP contribution in [0.5, 0.6) is 5.75 Å². The van der Waals surface area contributed by atoms with Gasteiger partial charge in [0.05, 0.1) is 7.11 Å². The Labute approximate surface area is 126 Å². The molecule has 21 heavy (non-hydrogen) atoms. The highest BCUT2D eigenvalue weighted by atomic mass is 19.1. The highest BCUT2D eigenvalue weighted by Gasteiger charge is 2.14. The van der Waals surface area contributed by atoms with E-state index >= 15 is 0 Å². The van der Waals surface area contributed by atoms with E-state index in [9.17, 15) is 4.39 Å². The topological polar surface area (TPSA) is 21.3 Å². The van der Waals surface area contributed by atoms with Gasteiger partial charge in [0.2, 0.25) is 0 Å². The number of methoxy groups -OCH3 is 1. The first-order chi connectivity index (χ1) is 10.0. The lowest BCUT2D eigenvalue weighted by molar-refractivity contribution is 0.385. The minimum absolute atomic E-state index is 0.0556. The van der Waals surface area contributed by atoms with Crippen LogP contribution in [0.2, 0.25) is 0 Å². The van der Waals surface area contributed by atoms with Gasteiger partial charge in [0, 0.05) is 12.1 Å². The molecule has 2 atom stereocenters. The van der Waals surface area contributed by atoms with E-state index in [4.69, 9.17) is 4.74 Å². The maximum Gasteiger partial charge on any atom is 0.165 e. The average Bonchev–Trinajstić information content (AvgIpc) is 2.47. The zero-order valence-electron chi connectivity index (χ0n) is 13.0. The third-order valence-electron chi connectivity index (χ3n) is 3.83. The summed E-state index contributed by atoms with van der Waals surface area (Å²) in [5.74, 6) is -0.0508. The average molecular weight is 287 g/mol. The zero-order chi connectivity index (χ0) is 15.4. The number of hydrogen-bond acceptors (Lipinski definition) is 2. The molecule has 0 amide bonds. The highest BCUT2D eigenvalue weighted by molar-refractivity contribution is 5.32. The number of nitrogens with one attached hydrogen (secondary N) is 1. The smallest absolute Gasteiger partial charge is 0.165 e. The van der Waals surface area contributed by atoms with Crippen LogP contribution in [0.15, 0.2) is 42.5 Å². The van der Waals surface area contributed by atoms with E-state index in [-0.39, 0.29) is 23.7 Å². The van der Waals surface area contributed by atoms with Crippen molar-refractivity contribution in [3.05, 3.63) is 65.0 Å². The summed E-state index contributed by atoms with van der Waals surface area (Å²) in [4.78, 5) is 0. The van der Waals surface area contributed by atoms with E-state index in [0.29, 0.717) is 0 Å². The summed E-state index contributed by atoms with van der Waals surface area (Å²) in [6, 6.07) is 13.6. The molecule has 0 aliphatic carbocycles. The maximum absolute atomic E-state index is 13.8. The molecule has 112 valence electrons. The van der Waals surface area contributed by atoms with Crippen molar-refractivity contribution in [1.82, 2.24) is 5.32 Å². The normalized spacial score (nSPS) is 13.8. The maximum atomic E-state index is 13.8. The van der Waals surface area contributed by atoms with Crippen LogP contribution >= 0.6 is 0 Å². The first-order valence-electron chi connectivity index (χ1n) is 7.18. The van der Waals surface area contributed by atoms with Gasteiger partial charge in [-0.15, -0.1) is 0 Å². The summed E-state index contributed by atoms with van der Waals surface area (Å²) < 4.78 is 18.7. The van der Waals surface area contributed by atoms with E-state index in [1.807, 2.05) is 25.1 Å². The largest absolute Gasteiger partial charge is 0.494 e. The molecule has 2 aromatic carbocycles. The van der Waals surface area contributed by atoms with Gasteiger partial charge in [0.1, 0.15) is 0 Å². The minimum atomic E-state index is -0.327. The SMILES string of the molecule is COc1ccc(C(C)N[C@@H](C)c2ccccc2C)cc1F. The predicted octanol–water partition coefficient (Wildman–Crippen LogP) is 4.55. The minimum Gasteiger partial charge on any atom is -0.494 e. The standard InChI is InChI=1S/C18H22FNO/c1-12-7-5-6-8-16(12)14(3)20-13(2)15-9-10-18(21-4)17(19)11-15/h5-11,13-14,20H,1-4H3/t13?,14-/m0/s1. The van der Waals surface area contributed by atoms with Gasteiger partial charge in [-0.25, -0.2) is 4.39 Å². The van der Waals surface area contributed by atoms with E-state index in [1.165, 1.54) is 24.3 Å². The van der Waals surface area contributed by atoms with E-state index < -0.39 is 0 Å². The molecular formula is C18H22FNO. The van der Waals surface area contributed by atoms with Gasteiger partial charge in [0.25, 0.3) is 0 Å². The van der Waals surface area contributed by atoms with Crippen molar-refractivity contribution in [2.75, 3.05) is 7.11 Å². The van der Waals surface area contributed by atoms with Crippen molar-refractivity contribution in [3.63, 3.8) is 0 Å². The van der Waals surface area contributed by atoms with Crippen molar-refractivity contribution in [3.8, 4) is 5.75 Å². The number of aryl methyl sites for hydroxylation is 1. The molecular weight excluding hydrogens is 265 g/mol. The van der Waals surface area contributed by atoms with Crippen molar-refractivity contribution in [2.24, 2.45) is 0 Å². The van der Waals surface area contributed by atoms with Crippen LogP contribution in [0.4, 0.5) is 4.39 Å². The molecule has 0 saturated heterocycles. The molecule has 0 spiro atoms. The van der Waals surface area contributed by atoms with Gasteiger partial charge in [-0.3, -0.25) is 0 Å². The zero-order valence-corrected chi connectivity index (χ0v) is 13.0. The molecule has 2 aromatic rings. The highest BCUT2D eigenvalue weighted by Crippen LogP contribution is 2.25. The molecule has 2 nitrogen and oxygen atoms in total. The molecule has 2 rings (SSSR count). The Morgan fingerprint density at radius 3 is 2.38 bits per heavy atom. The quantitative estimate of drug-likeness (QED) is 0.870. The lowest BCUT2D eigenvalue weighted by Gasteiger charge is -2.22. The lowest BCUT2D eigenvalue weighted by Crippen LogP contribution is -2.23. The second kappa shape index (κ2) is 6.72. The van der Waals surface area contributed by atoms with Gasteiger partial charge in [-0.2, -0.15) is 0 Å². The van der Waals surface area contributed by atoms with Gasteiger partial charge >= 0.3 is 0 Å². The Balaban J connectivity index is 2.12. The summed E-state index contributed by atoms with van der Waals surface area (Å²) in [5, 5.41) is 3.51. The second-order valence-electron chi connectivity index (χ2n) is 5.36. The van der Waals surface area contributed by atoms with Crippen LogP contribution in [0.1, 0.15) is 42.6 Å². The molecule has 0 aromatic heterocycles. The number of hydrogen-bond donors (Lipinski definition) is 1. The Bertz CT molecular complexity index is 612. The Morgan fingerprint density at radius 2 is 1.76 bits per heavy atom. The number of rotatable bonds is 5. The molecule has 0 bridgehead atoms. The summed E-state index contributed by atoms with van der Waals surface area (Å²) in [6.45, 7) is 6.26. The first-order valence-corrected chi connectivity index (χ1v) is 7.18. The number of benzene rings is 2. The summed E-state index contributed by atoms with van der Waals surface area (Å²) in [5.41, 5.74) is 3.43. The molecule has 0 heterocycles. The fraction of sp³-hybridized carbons (Fsp3) is 0.333. The van der Waals surface area contributed by atoms with Crippen LogP contribution in [0.3, 0.4) is 0 Å².